The number of aryl methyl sites for hydroxylation is 1. The second kappa shape index (κ2) is 11.1. The zero-order chi connectivity index (χ0) is 32.0. The van der Waals surface area contributed by atoms with Gasteiger partial charge in [0.15, 0.2) is 11.5 Å². The summed E-state index contributed by atoms with van der Waals surface area (Å²) in [5, 5.41) is 11.1. The van der Waals surface area contributed by atoms with Gasteiger partial charge in [-0.25, -0.2) is 0 Å². The first-order valence-electron chi connectivity index (χ1n) is 17.4. The van der Waals surface area contributed by atoms with Crippen molar-refractivity contribution in [1.29, 1.82) is 0 Å². The van der Waals surface area contributed by atoms with Gasteiger partial charge in [-0.2, -0.15) is 0 Å². The van der Waals surface area contributed by atoms with Gasteiger partial charge in [-0.3, -0.25) is 0 Å². The van der Waals surface area contributed by atoms with Crippen LogP contribution in [0.25, 0.3) is 0 Å². The highest BCUT2D eigenvalue weighted by molar-refractivity contribution is 7.79. The van der Waals surface area contributed by atoms with Gasteiger partial charge in [-0.05, 0) is 96.1 Å². The topological polar surface area (TPSA) is 60.4 Å². The molecule has 0 aromatic heterocycles. The molecule has 0 saturated carbocycles. The largest absolute Gasteiger partial charge is 0.487 e. The van der Waals surface area contributed by atoms with Gasteiger partial charge in [-0.15, -0.1) is 0 Å². The molecule has 2 aromatic carbocycles. The zero-order valence-corrected chi connectivity index (χ0v) is 28.6. The molecule has 1 spiro atoms. The lowest BCUT2D eigenvalue weighted by Gasteiger charge is -2.56. The lowest BCUT2D eigenvalue weighted by molar-refractivity contribution is -0.0452. The molecule has 7 atom stereocenters. The molecule has 1 N–H and O–H groups in total. The minimum Gasteiger partial charge on any atom is -0.487 e. The molecule has 8 rings (SSSR count). The molecule has 3 heterocycles. The van der Waals surface area contributed by atoms with Crippen LogP contribution < -0.4 is 18.9 Å². The Morgan fingerprint density at radius 1 is 1.15 bits per heavy atom. The van der Waals surface area contributed by atoms with Crippen molar-refractivity contribution in [1.82, 2.24) is 4.90 Å². The molecule has 6 nitrogen and oxygen atoms in total. The molecule has 2 aromatic rings. The fourth-order valence-corrected chi connectivity index (χ4v) is 10.1. The number of hydrogen-bond donors (Lipinski definition) is 1. The van der Waals surface area contributed by atoms with Gasteiger partial charge >= 0.3 is 5.24 Å². The van der Waals surface area contributed by atoms with E-state index in [0.717, 1.165) is 50.8 Å². The van der Waals surface area contributed by atoms with Crippen molar-refractivity contribution in [3.63, 3.8) is 0 Å². The van der Waals surface area contributed by atoms with Crippen LogP contribution in [0.15, 0.2) is 48.1 Å². The summed E-state index contributed by atoms with van der Waals surface area (Å²) >= 11 is 5.75. The fraction of sp³-hybridized carbons (Fsp3) is 0.564. The number of hydrogen-bond acceptors (Lipinski definition) is 7. The Morgan fingerprint density at radius 3 is 2.83 bits per heavy atom. The third kappa shape index (κ3) is 4.59. The van der Waals surface area contributed by atoms with E-state index >= 15 is 0 Å². The van der Waals surface area contributed by atoms with Gasteiger partial charge in [0.05, 0.1) is 0 Å². The molecule has 1 fully saturated rings. The molecular formula is C39H47NO5S. The summed E-state index contributed by atoms with van der Waals surface area (Å²) in [7, 11) is 2.22. The molecule has 6 aliphatic rings. The SMILES string of the molecule is CCCCCc1cc(OC(=S)Oc2ccc3c4c2OC2C(O)C=CC5C(C3)N(C)CCC452)cc2c1[C@@H]1C=C(C)CC[C@H]1C(C)(C)O2. The van der Waals surface area contributed by atoms with E-state index in [0.29, 0.717) is 41.0 Å². The third-order valence-corrected chi connectivity index (χ3v) is 12.3. The summed E-state index contributed by atoms with van der Waals surface area (Å²) in [6.45, 7) is 9.92. The quantitative estimate of drug-likeness (QED) is 0.198. The Kier molecular flexibility index (Phi) is 7.35. The summed E-state index contributed by atoms with van der Waals surface area (Å²) < 4.78 is 26.0. The van der Waals surface area contributed by atoms with Crippen LogP contribution in [0.3, 0.4) is 0 Å². The van der Waals surface area contributed by atoms with Crippen molar-refractivity contribution < 1.29 is 24.1 Å². The summed E-state index contributed by atoms with van der Waals surface area (Å²) in [5.74, 6) is 3.88. The number of piperidine rings is 1. The minimum absolute atomic E-state index is 0.0280. The van der Waals surface area contributed by atoms with E-state index in [9.17, 15) is 5.11 Å². The molecule has 0 amide bonds. The maximum atomic E-state index is 11.1. The number of allylic oxidation sites excluding steroid dienone is 2. The minimum atomic E-state index is -0.664. The highest BCUT2D eigenvalue weighted by Crippen LogP contribution is 2.62. The monoisotopic (exact) mass is 641 g/mol. The second-order valence-corrected chi connectivity index (χ2v) is 15.5. The van der Waals surface area contributed by atoms with Crippen LogP contribution in [-0.4, -0.2) is 52.7 Å². The van der Waals surface area contributed by atoms with Gasteiger partial charge in [0.25, 0.3) is 0 Å². The number of aliphatic hydroxyl groups is 1. The van der Waals surface area contributed by atoms with Crippen LogP contribution in [0.2, 0.25) is 0 Å². The van der Waals surface area contributed by atoms with Crippen molar-refractivity contribution in [2.75, 3.05) is 13.6 Å². The number of likely N-dealkylation sites (N-methyl/N-ethyl adjacent to an activating group) is 1. The fourth-order valence-electron chi connectivity index (χ4n) is 9.96. The number of fused-ring (bicyclic) bond motifs is 3. The van der Waals surface area contributed by atoms with E-state index in [1.807, 2.05) is 18.2 Å². The number of rotatable bonds is 6. The van der Waals surface area contributed by atoms with Crippen LogP contribution in [-0.2, 0) is 18.3 Å². The second-order valence-electron chi connectivity index (χ2n) is 15.2. The Morgan fingerprint density at radius 2 is 2.00 bits per heavy atom. The number of aliphatic hydroxyl groups excluding tert-OH is 1. The number of unbranched alkanes of at least 4 members (excludes halogenated alkanes) is 2. The lowest BCUT2D eigenvalue weighted by atomic mass is 9.53. The summed E-state index contributed by atoms with van der Waals surface area (Å²) in [5.41, 5.74) is 6.00. The molecule has 2 bridgehead atoms. The maximum Gasteiger partial charge on any atom is 0.363 e. The van der Waals surface area contributed by atoms with E-state index in [-0.39, 0.29) is 22.4 Å². The van der Waals surface area contributed by atoms with Crippen molar-refractivity contribution in [2.24, 2.45) is 11.8 Å². The summed E-state index contributed by atoms with van der Waals surface area (Å²) in [4.78, 5) is 2.47. The summed E-state index contributed by atoms with van der Waals surface area (Å²) in [6, 6.07) is 8.67. The predicted molar refractivity (Wildman–Crippen MR) is 183 cm³/mol. The van der Waals surface area contributed by atoms with Gasteiger partial charge in [0.1, 0.15) is 29.3 Å². The first-order chi connectivity index (χ1) is 22.1. The van der Waals surface area contributed by atoms with E-state index in [4.69, 9.17) is 31.2 Å². The number of thiocarbonyl (C=S) groups is 1. The molecule has 244 valence electrons. The van der Waals surface area contributed by atoms with Gasteiger partial charge in [0.2, 0.25) is 0 Å². The number of ether oxygens (including phenoxy) is 4. The summed E-state index contributed by atoms with van der Waals surface area (Å²) in [6.07, 6.45) is 14.2. The third-order valence-electron chi connectivity index (χ3n) is 12.1. The number of nitrogens with zero attached hydrogens (tertiary/aromatic N) is 1. The average molecular weight is 642 g/mol. The molecule has 0 radical (unpaired) electrons. The normalized spacial score (nSPS) is 32.7. The first kappa shape index (κ1) is 30.5. The molecule has 3 aliphatic heterocycles. The molecule has 3 aliphatic carbocycles. The van der Waals surface area contributed by atoms with Crippen LogP contribution in [0, 0.1) is 11.8 Å². The van der Waals surface area contributed by atoms with Crippen LogP contribution in [0.4, 0.5) is 0 Å². The Labute approximate surface area is 278 Å². The van der Waals surface area contributed by atoms with E-state index < -0.39 is 6.10 Å². The smallest absolute Gasteiger partial charge is 0.363 e. The highest BCUT2D eigenvalue weighted by Gasteiger charge is 2.64. The van der Waals surface area contributed by atoms with Gasteiger partial charge in [-0.1, -0.05) is 49.6 Å². The average Bonchev–Trinajstić information content (AvgIpc) is 3.36. The van der Waals surface area contributed by atoms with Crippen molar-refractivity contribution in [2.45, 2.75) is 114 Å². The van der Waals surface area contributed by atoms with Crippen LogP contribution in [0.5, 0.6) is 23.0 Å². The molecular weight excluding hydrogens is 594 g/mol. The number of benzene rings is 2. The predicted octanol–water partition coefficient (Wildman–Crippen LogP) is 7.58. The van der Waals surface area contributed by atoms with Gasteiger partial charge in [0, 0.05) is 58.6 Å². The standard InChI is InChI=1S/C39H47NO5S/c1-6-7-8-9-23-19-25(21-32-33(23)26-18-22(2)10-12-27(26)38(3,4)45-32)42-37(46)43-31-15-11-24-20-29-28-13-14-30(41)36-39(28,16-17-40(29)5)34(24)35(31)44-36/h11,13-15,18-19,21,26-30,36,41H,6-10,12,16-17,20H2,1-5H3/t26-,27-,28?,29?,30?,36?,39?/m1/s1. The lowest BCUT2D eigenvalue weighted by Crippen LogP contribution is -2.64. The first-order valence-corrected chi connectivity index (χ1v) is 17.8. The van der Waals surface area contributed by atoms with Crippen molar-refractivity contribution in [3.05, 3.63) is 70.3 Å². The maximum absolute atomic E-state index is 11.1. The van der Waals surface area contributed by atoms with Crippen LogP contribution >= 0.6 is 12.2 Å². The Bertz CT molecular complexity index is 1650. The Hall–Kier alpha value is -2.87. The molecule has 1 saturated heterocycles. The number of likely N-dealkylation sites (tertiary alicyclic amines) is 1. The molecule has 5 unspecified atom stereocenters. The molecule has 7 heteroatoms. The highest BCUT2D eigenvalue weighted by atomic mass is 32.1. The Balaban J connectivity index is 1.11. The van der Waals surface area contributed by atoms with E-state index in [1.54, 1.807) is 0 Å². The van der Waals surface area contributed by atoms with Crippen LogP contribution in [0.1, 0.15) is 94.4 Å². The zero-order valence-electron chi connectivity index (χ0n) is 27.8. The molecule has 46 heavy (non-hydrogen) atoms. The van der Waals surface area contributed by atoms with Crippen molar-refractivity contribution >= 4 is 17.5 Å². The van der Waals surface area contributed by atoms with E-state index in [1.165, 1.54) is 40.7 Å². The van der Waals surface area contributed by atoms with Gasteiger partial charge < -0.3 is 29.0 Å². The van der Waals surface area contributed by atoms with E-state index in [2.05, 4.69) is 63.9 Å². The van der Waals surface area contributed by atoms with Crippen molar-refractivity contribution in [3.8, 4) is 23.0 Å².